The first-order chi connectivity index (χ1) is 8.92. The van der Waals surface area contributed by atoms with Crippen molar-refractivity contribution in [2.24, 2.45) is 5.73 Å². The first-order valence-corrected chi connectivity index (χ1v) is 7.80. The van der Waals surface area contributed by atoms with Crippen LogP contribution in [-0.2, 0) is 16.6 Å². The number of sulfonamides is 1. The second-order valence-electron chi connectivity index (χ2n) is 3.99. The Kier molecular flexibility index (Phi) is 3.88. The molecular formula is C12H13FN2O2S2. The highest BCUT2D eigenvalue weighted by Gasteiger charge is 2.17. The number of anilines is 1. The minimum atomic E-state index is -3.69. The zero-order valence-electron chi connectivity index (χ0n) is 10.2. The molecule has 1 aromatic heterocycles. The van der Waals surface area contributed by atoms with E-state index in [1.165, 1.54) is 18.2 Å². The highest BCUT2D eigenvalue weighted by atomic mass is 32.2. The predicted octanol–water partition coefficient (Wildman–Crippen LogP) is 2.46. The first kappa shape index (κ1) is 14.0. The van der Waals surface area contributed by atoms with Crippen molar-refractivity contribution in [1.29, 1.82) is 0 Å². The maximum Gasteiger partial charge on any atom is 0.271 e. The van der Waals surface area contributed by atoms with E-state index in [2.05, 4.69) is 4.72 Å². The van der Waals surface area contributed by atoms with E-state index in [1.807, 2.05) is 0 Å². The Hall–Kier alpha value is -1.44. The van der Waals surface area contributed by atoms with E-state index in [0.717, 1.165) is 22.3 Å². The molecule has 19 heavy (non-hydrogen) atoms. The molecule has 2 aromatic rings. The third kappa shape index (κ3) is 3.12. The van der Waals surface area contributed by atoms with Gasteiger partial charge < -0.3 is 5.73 Å². The van der Waals surface area contributed by atoms with Crippen LogP contribution in [0.2, 0.25) is 0 Å². The topological polar surface area (TPSA) is 72.2 Å². The van der Waals surface area contributed by atoms with Crippen LogP contribution >= 0.6 is 11.3 Å². The molecule has 0 radical (unpaired) electrons. The number of hydrogen-bond donors (Lipinski definition) is 2. The van der Waals surface area contributed by atoms with Crippen LogP contribution in [0, 0.1) is 12.7 Å². The molecule has 0 saturated carbocycles. The van der Waals surface area contributed by atoms with Crippen molar-refractivity contribution in [3.63, 3.8) is 0 Å². The van der Waals surface area contributed by atoms with Gasteiger partial charge in [-0.05, 0) is 36.8 Å². The Morgan fingerprint density at radius 3 is 2.63 bits per heavy atom. The van der Waals surface area contributed by atoms with Gasteiger partial charge in [0.1, 0.15) is 10.0 Å². The molecule has 4 nitrogen and oxygen atoms in total. The molecule has 0 saturated heterocycles. The Balaban J connectivity index is 2.28. The Labute approximate surface area is 115 Å². The normalized spacial score (nSPS) is 11.5. The highest BCUT2D eigenvalue weighted by Crippen LogP contribution is 2.24. The molecule has 2 rings (SSSR count). The summed E-state index contributed by atoms with van der Waals surface area (Å²) in [5.41, 5.74) is 6.10. The third-order valence-electron chi connectivity index (χ3n) is 2.53. The van der Waals surface area contributed by atoms with Crippen molar-refractivity contribution >= 4 is 27.0 Å². The fourth-order valence-corrected chi connectivity index (χ4v) is 3.76. The van der Waals surface area contributed by atoms with Crippen LogP contribution in [0.25, 0.3) is 0 Å². The fraction of sp³-hybridized carbons (Fsp3) is 0.167. The molecule has 0 aliphatic carbocycles. The first-order valence-electron chi connectivity index (χ1n) is 5.50. The van der Waals surface area contributed by atoms with Gasteiger partial charge >= 0.3 is 0 Å². The largest absolute Gasteiger partial charge is 0.326 e. The van der Waals surface area contributed by atoms with Gasteiger partial charge in [-0.25, -0.2) is 12.8 Å². The van der Waals surface area contributed by atoms with Gasteiger partial charge in [-0.3, -0.25) is 4.72 Å². The van der Waals surface area contributed by atoms with Crippen molar-refractivity contribution in [3.8, 4) is 0 Å². The lowest BCUT2D eigenvalue weighted by Gasteiger charge is -2.07. The lowest BCUT2D eigenvalue weighted by Crippen LogP contribution is -2.11. The second kappa shape index (κ2) is 5.28. The van der Waals surface area contributed by atoms with Crippen LogP contribution < -0.4 is 10.5 Å². The van der Waals surface area contributed by atoms with Gasteiger partial charge in [0.15, 0.2) is 0 Å². The van der Waals surface area contributed by atoms with E-state index in [9.17, 15) is 12.8 Å². The van der Waals surface area contributed by atoms with Crippen molar-refractivity contribution in [2.45, 2.75) is 17.7 Å². The van der Waals surface area contributed by atoms with E-state index in [-0.39, 0.29) is 9.90 Å². The monoisotopic (exact) mass is 300 g/mol. The summed E-state index contributed by atoms with van der Waals surface area (Å²) in [6.45, 7) is 1.90. The molecule has 0 fully saturated rings. The maximum absolute atomic E-state index is 13.4. The second-order valence-corrected chi connectivity index (χ2v) is 7.07. The minimum Gasteiger partial charge on any atom is -0.326 e. The van der Waals surface area contributed by atoms with Gasteiger partial charge in [-0.2, -0.15) is 0 Å². The molecule has 0 atom stereocenters. The van der Waals surface area contributed by atoms with Crippen molar-refractivity contribution in [2.75, 3.05) is 4.72 Å². The number of nitrogens with one attached hydrogen (secondary N) is 1. The van der Waals surface area contributed by atoms with Crippen molar-refractivity contribution in [1.82, 2.24) is 0 Å². The van der Waals surface area contributed by atoms with Crippen LogP contribution in [0.3, 0.4) is 0 Å². The summed E-state index contributed by atoms with van der Waals surface area (Å²) in [6, 6.07) is 7.35. The number of benzene rings is 1. The number of hydrogen-bond acceptors (Lipinski definition) is 4. The third-order valence-corrected chi connectivity index (χ3v) is 5.51. The molecule has 0 amide bonds. The van der Waals surface area contributed by atoms with Crippen molar-refractivity contribution < 1.29 is 12.8 Å². The molecule has 0 spiro atoms. The van der Waals surface area contributed by atoms with Gasteiger partial charge in [0.05, 0.1) is 5.69 Å². The summed E-state index contributed by atoms with van der Waals surface area (Å²) in [5.74, 6) is -0.450. The highest BCUT2D eigenvalue weighted by molar-refractivity contribution is 7.94. The quantitative estimate of drug-likeness (QED) is 0.911. The Morgan fingerprint density at radius 2 is 2.05 bits per heavy atom. The lowest BCUT2D eigenvalue weighted by atomic mass is 10.2. The number of nitrogens with two attached hydrogens (primary N) is 1. The zero-order chi connectivity index (χ0) is 14.0. The summed E-state index contributed by atoms with van der Waals surface area (Å²) in [5, 5.41) is 0. The maximum atomic E-state index is 13.4. The van der Waals surface area contributed by atoms with E-state index in [4.69, 9.17) is 5.73 Å². The van der Waals surface area contributed by atoms with Crippen LogP contribution in [0.15, 0.2) is 34.5 Å². The Bertz CT molecular complexity index is 696. The van der Waals surface area contributed by atoms with Gasteiger partial charge in [-0.1, -0.05) is 6.07 Å². The van der Waals surface area contributed by atoms with E-state index in [1.54, 1.807) is 13.0 Å². The SMILES string of the molecule is Cc1ccc(NS(=O)(=O)c2ccc(CN)s2)cc1F. The molecule has 0 unspecified atom stereocenters. The number of thiophene rings is 1. The summed E-state index contributed by atoms with van der Waals surface area (Å²) in [4.78, 5) is 0.774. The van der Waals surface area contributed by atoms with Crippen molar-refractivity contribution in [3.05, 3.63) is 46.6 Å². The standard InChI is InChI=1S/C12H13FN2O2S2/c1-8-2-3-9(6-11(8)13)15-19(16,17)12-5-4-10(7-14)18-12/h2-6,15H,7,14H2,1H3. The number of halogens is 1. The number of aryl methyl sites for hydroxylation is 1. The molecule has 1 heterocycles. The smallest absolute Gasteiger partial charge is 0.271 e. The molecule has 0 aliphatic rings. The van der Waals surface area contributed by atoms with Crippen LogP contribution in [0.4, 0.5) is 10.1 Å². The fourth-order valence-electron chi connectivity index (χ4n) is 1.47. The van der Waals surface area contributed by atoms with Gasteiger partial charge in [0, 0.05) is 11.4 Å². The van der Waals surface area contributed by atoms with Crippen LogP contribution in [-0.4, -0.2) is 8.42 Å². The molecule has 7 heteroatoms. The van der Waals surface area contributed by atoms with Crippen LogP contribution in [0.5, 0.6) is 0 Å². The zero-order valence-corrected chi connectivity index (χ0v) is 11.8. The van der Waals surface area contributed by atoms with E-state index >= 15 is 0 Å². The van der Waals surface area contributed by atoms with Gasteiger partial charge in [-0.15, -0.1) is 11.3 Å². The predicted molar refractivity (Wildman–Crippen MR) is 74.2 cm³/mol. The molecule has 1 aromatic carbocycles. The Morgan fingerprint density at radius 1 is 1.32 bits per heavy atom. The molecule has 0 bridgehead atoms. The lowest BCUT2D eigenvalue weighted by molar-refractivity contribution is 0.603. The van der Waals surface area contributed by atoms with Gasteiger partial charge in [0.25, 0.3) is 10.0 Å². The van der Waals surface area contributed by atoms with Gasteiger partial charge in [0.2, 0.25) is 0 Å². The molecule has 0 aliphatic heterocycles. The number of rotatable bonds is 4. The molecular weight excluding hydrogens is 287 g/mol. The average molecular weight is 300 g/mol. The summed E-state index contributed by atoms with van der Waals surface area (Å²) in [7, 11) is -3.69. The summed E-state index contributed by atoms with van der Waals surface area (Å²) in [6.07, 6.45) is 0. The molecule has 3 N–H and O–H groups in total. The van der Waals surface area contributed by atoms with E-state index in [0.29, 0.717) is 12.1 Å². The van der Waals surface area contributed by atoms with Crippen LogP contribution in [0.1, 0.15) is 10.4 Å². The minimum absolute atomic E-state index is 0.161. The summed E-state index contributed by atoms with van der Waals surface area (Å²) < 4.78 is 40.0. The summed E-state index contributed by atoms with van der Waals surface area (Å²) >= 11 is 1.10. The van der Waals surface area contributed by atoms with E-state index < -0.39 is 15.8 Å². The average Bonchev–Trinajstić information content (AvgIpc) is 2.83. The molecule has 102 valence electrons.